The Balaban J connectivity index is 2.38. The van der Waals surface area contributed by atoms with Gasteiger partial charge in [0.25, 0.3) is 0 Å². The van der Waals surface area contributed by atoms with Gasteiger partial charge in [-0.1, -0.05) is 44.2 Å². The molecule has 0 saturated heterocycles. The van der Waals surface area contributed by atoms with E-state index in [0.717, 1.165) is 13.1 Å². The molecular formula is C16H27N3O. The highest BCUT2D eigenvalue weighted by atomic mass is 16.2. The molecule has 4 heteroatoms. The van der Waals surface area contributed by atoms with Gasteiger partial charge >= 0.3 is 0 Å². The number of hydrogen-bond acceptors (Lipinski definition) is 3. The van der Waals surface area contributed by atoms with Gasteiger partial charge in [-0.05, 0) is 25.5 Å². The van der Waals surface area contributed by atoms with Crippen LogP contribution in [0.5, 0.6) is 0 Å². The minimum Gasteiger partial charge on any atom is -0.351 e. The molecule has 0 aliphatic heterocycles. The van der Waals surface area contributed by atoms with Gasteiger partial charge in [0, 0.05) is 19.1 Å². The van der Waals surface area contributed by atoms with Crippen LogP contribution in [0.25, 0.3) is 0 Å². The van der Waals surface area contributed by atoms with E-state index >= 15 is 0 Å². The predicted molar refractivity (Wildman–Crippen MR) is 83.2 cm³/mol. The van der Waals surface area contributed by atoms with Crippen molar-refractivity contribution < 1.29 is 4.79 Å². The van der Waals surface area contributed by atoms with Gasteiger partial charge in [-0.2, -0.15) is 0 Å². The minimum absolute atomic E-state index is 0.0689. The van der Waals surface area contributed by atoms with Crippen molar-refractivity contribution in [1.82, 2.24) is 10.2 Å². The third-order valence-corrected chi connectivity index (χ3v) is 3.29. The van der Waals surface area contributed by atoms with Gasteiger partial charge in [-0.3, -0.25) is 4.79 Å². The molecule has 0 heterocycles. The summed E-state index contributed by atoms with van der Waals surface area (Å²) in [5, 5.41) is 2.97. The van der Waals surface area contributed by atoms with E-state index in [-0.39, 0.29) is 17.9 Å². The number of amides is 1. The SMILES string of the molecule is CC(CN(C)Cc1ccccc1)NC(=O)C(N)C(C)C. The van der Waals surface area contributed by atoms with Crippen LogP contribution in [0.3, 0.4) is 0 Å². The Hall–Kier alpha value is -1.39. The molecule has 1 amide bonds. The molecule has 3 N–H and O–H groups in total. The van der Waals surface area contributed by atoms with Crippen molar-refractivity contribution in [2.45, 2.75) is 39.4 Å². The molecule has 112 valence electrons. The third-order valence-electron chi connectivity index (χ3n) is 3.29. The van der Waals surface area contributed by atoms with Crippen molar-refractivity contribution in [1.29, 1.82) is 0 Å². The third kappa shape index (κ3) is 5.72. The Labute approximate surface area is 122 Å². The second kappa shape index (κ2) is 8.02. The number of likely N-dealkylation sites (N-methyl/N-ethyl adjacent to an activating group) is 1. The number of nitrogens with zero attached hydrogens (tertiary/aromatic N) is 1. The minimum atomic E-state index is -0.433. The zero-order valence-electron chi connectivity index (χ0n) is 13.0. The predicted octanol–water partition coefficient (Wildman–Crippen LogP) is 1.61. The fourth-order valence-corrected chi connectivity index (χ4v) is 2.11. The highest BCUT2D eigenvalue weighted by molar-refractivity contribution is 5.81. The number of nitrogens with two attached hydrogens (primary N) is 1. The summed E-state index contributed by atoms with van der Waals surface area (Å²) in [5.41, 5.74) is 7.11. The summed E-state index contributed by atoms with van der Waals surface area (Å²) < 4.78 is 0. The van der Waals surface area contributed by atoms with Crippen molar-refractivity contribution in [3.8, 4) is 0 Å². The molecule has 0 spiro atoms. The fourth-order valence-electron chi connectivity index (χ4n) is 2.11. The van der Waals surface area contributed by atoms with E-state index in [9.17, 15) is 4.79 Å². The van der Waals surface area contributed by atoms with E-state index in [1.807, 2.05) is 39.0 Å². The van der Waals surface area contributed by atoms with Gasteiger partial charge < -0.3 is 16.0 Å². The topological polar surface area (TPSA) is 58.4 Å². The van der Waals surface area contributed by atoms with Crippen molar-refractivity contribution in [2.75, 3.05) is 13.6 Å². The summed E-state index contributed by atoms with van der Waals surface area (Å²) >= 11 is 0. The van der Waals surface area contributed by atoms with Crippen LogP contribution >= 0.6 is 0 Å². The highest BCUT2D eigenvalue weighted by Crippen LogP contribution is 2.04. The molecule has 1 aromatic rings. The van der Waals surface area contributed by atoms with E-state index in [2.05, 4.69) is 29.4 Å². The molecule has 2 unspecified atom stereocenters. The first-order chi connectivity index (χ1) is 9.40. The van der Waals surface area contributed by atoms with Crippen LogP contribution in [0.15, 0.2) is 30.3 Å². The lowest BCUT2D eigenvalue weighted by molar-refractivity contribution is -0.123. The van der Waals surface area contributed by atoms with Gasteiger partial charge in [0.15, 0.2) is 0 Å². The van der Waals surface area contributed by atoms with Crippen molar-refractivity contribution >= 4 is 5.91 Å². The number of hydrogen-bond donors (Lipinski definition) is 2. The monoisotopic (exact) mass is 277 g/mol. The Morgan fingerprint density at radius 1 is 1.25 bits per heavy atom. The lowest BCUT2D eigenvalue weighted by atomic mass is 10.0. The Morgan fingerprint density at radius 2 is 1.85 bits per heavy atom. The summed E-state index contributed by atoms with van der Waals surface area (Å²) in [6, 6.07) is 9.95. The number of nitrogens with one attached hydrogen (secondary N) is 1. The van der Waals surface area contributed by atoms with Crippen LogP contribution in [-0.2, 0) is 11.3 Å². The van der Waals surface area contributed by atoms with Gasteiger partial charge in [-0.15, -0.1) is 0 Å². The van der Waals surface area contributed by atoms with Crippen LogP contribution in [-0.4, -0.2) is 36.5 Å². The van der Waals surface area contributed by atoms with Crippen LogP contribution < -0.4 is 11.1 Å². The van der Waals surface area contributed by atoms with Gasteiger partial charge in [-0.25, -0.2) is 0 Å². The number of carbonyl (C=O) groups is 1. The van der Waals surface area contributed by atoms with Gasteiger partial charge in [0.1, 0.15) is 0 Å². The lowest BCUT2D eigenvalue weighted by Gasteiger charge is -2.24. The fraction of sp³-hybridized carbons (Fsp3) is 0.562. The second-order valence-corrected chi connectivity index (χ2v) is 5.86. The number of rotatable bonds is 7. The van der Waals surface area contributed by atoms with Gasteiger partial charge in [0.2, 0.25) is 5.91 Å². The summed E-state index contributed by atoms with van der Waals surface area (Å²) in [6.45, 7) is 7.59. The molecule has 2 atom stereocenters. The molecule has 0 bridgehead atoms. The average Bonchev–Trinajstić information content (AvgIpc) is 2.38. The summed E-state index contributed by atoms with van der Waals surface area (Å²) in [7, 11) is 2.05. The average molecular weight is 277 g/mol. The summed E-state index contributed by atoms with van der Waals surface area (Å²) in [5.74, 6) is 0.0878. The molecule has 1 aromatic carbocycles. The standard InChI is InChI=1S/C16H27N3O/c1-12(2)15(17)16(20)18-13(3)10-19(4)11-14-8-6-5-7-9-14/h5-9,12-13,15H,10-11,17H2,1-4H3,(H,18,20). The molecule has 0 aromatic heterocycles. The Bertz CT molecular complexity index is 405. The van der Waals surface area contributed by atoms with E-state index < -0.39 is 6.04 Å². The molecular weight excluding hydrogens is 250 g/mol. The van der Waals surface area contributed by atoms with Crippen LogP contribution in [0.1, 0.15) is 26.3 Å². The maximum atomic E-state index is 11.9. The van der Waals surface area contributed by atoms with E-state index in [1.165, 1.54) is 5.56 Å². The second-order valence-electron chi connectivity index (χ2n) is 5.86. The maximum Gasteiger partial charge on any atom is 0.237 e. The van der Waals surface area contributed by atoms with E-state index in [0.29, 0.717) is 0 Å². The Kier molecular flexibility index (Phi) is 6.68. The molecule has 20 heavy (non-hydrogen) atoms. The first kappa shape index (κ1) is 16.7. The smallest absolute Gasteiger partial charge is 0.237 e. The Morgan fingerprint density at radius 3 is 2.40 bits per heavy atom. The van der Waals surface area contributed by atoms with Crippen LogP contribution in [0.4, 0.5) is 0 Å². The quantitative estimate of drug-likeness (QED) is 0.796. The van der Waals surface area contributed by atoms with E-state index in [1.54, 1.807) is 0 Å². The molecule has 0 fully saturated rings. The normalized spacial score (nSPS) is 14.3. The molecule has 0 saturated carbocycles. The molecule has 4 nitrogen and oxygen atoms in total. The number of benzene rings is 1. The summed E-state index contributed by atoms with van der Waals surface area (Å²) in [4.78, 5) is 14.1. The maximum absolute atomic E-state index is 11.9. The van der Waals surface area contributed by atoms with Crippen LogP contribution in [0, 0.1) is 5.92 Å². The van der Waals surface area contributed by atoms with Crippen molar-refractivity contribution in [3.05, 3.63) is 35.9 Å². The highest BCUT2D eigenvalue weighted by Gasteiger charge is 2.19. The molecule has 0 radical (unpaired) electrons. The van der Waals surface area contributed by atoms with Gasteiger partial charge in [0.05, 0.1) is 6.04 Å². The number of carbonyl (C=O) groups excluding carboxylic acids is 1. The summed E-state index contributed by atoms with van der Waals surface area (Å²) in [6.07, 6.45) is 0. The molecule has 0 aliphatic carbocycles. The van der Waals surface area contributed by atoms with E-state index in [4.69, 9.17) is 5.73 Å². The zero-order valence-corrected chi connectivity index (χ0v) is 13.0. The largest absolute Gasteiger partial charge is 0.351 e. The zero-order chi connectivity index (χ0) is 15.1. The van der Waals surface area contributed by atoms with Crippen LogP contribution in [0.2, 0.25) is 0 Å². The molecule has 0 aliphatic rings. The first-order valence-corrected chi connectivity index (χ1v) is 7.18. The molecule has 1 rings (SSSR count). The van der Waals surface area contributed by atoms with Crippen molar-refractivity contribution in [3.63, 3.8) is 0 Å². The lowest BCUT2D eigenvalue weighted by Crippen LogP contribution is -2.49. The van der Waals surface area contributed by atoms with Crippen molar-refractivity contribution in [2.24, 2.45) is 11.7 Å². The first-order valence-electron chi connectivity index (χ1n) is 7.18.